The average molecular weight is 244 g/mol. The molecule has 18 heavy (non-hydrogen) atoms. The molecule has 94 valence electrons. The van der Waals surface area contributed by atoms with Crippen LogP contribution >= 0.6 is 0 Å². The molecule has 3 heteroatoms. The Kier molecular flexibility index (Phi) is 3.72. The number of aryl methyl sites for hydroxylation is 2. The molecule has 0 saturated carbocycles. The molecule has 0 fully saturated rings. The van der Waals surface area contributed by atoms with Crippen LogP contribution in [0, 0.1) is 19.7 Å². The van der Waals surface area contributed by atoms with Crippen LogP contribution in [0.3, 0.4) is 0 Å². The number of aromatic nitrogens is 1. The Morgan fingerprint density at radius 3 is 2.50 bits per heavy atom. The van der Waals surface area contributed by atoms with E-state index in [1.54, 1.807) is 6.07 Å². The molecule has 1 atom stereocenters. The Balaban J connectivity index is 2.41. The van der Waals surface area contributed by atoms with Gasteiger partial charge in [0.15, 0.2) is 0 Å². The van der Waals surface area contributed by atoms with Gasteiger partial charge in [-0.15, -0.1) is 0 Å². The first kappa shape index (κ1) is 12.7. The van der Waals surface area contributed by atoms with Crippen LogP contribution in [0.5, 0.6) is 0 Å². The number of nitrogens with one attached hydrogen (secondary N) is 1. The lowest BCUT2D eigenvalue weighted by Crippen LogP contribution is -2.19. The quantitative estimate of drug-likeness (QED) is 0.897. The van der Waals surface area contributed by atoms with E-state index in [1.807, 2.05) is 7.05 Å². The van der Waals surface area contributed by atoms with E-state index >= 15 is 0 Å². The fourth-order valence-electron chi connectivity index (χ4n) is 2.17. The summed E-state index contributed by atoms with van der Waals surface area (Å²) in [4.78, 5) is 4.15. The van der Waals surface area contributed by atoms with E-state index in [4.69, 9.17) is 0 Å². The minimum absolute atomic E-state index is 0.00815. The zero-order chi connectivity index (χ0) is 13.1. The van der Waals surface area contributed by atoms with Crippen LogP contribution in [0.25, 0.3) is 0 Å². The van der Waals surface area contributed by atoms with Crippen LogP contribution in [0.15, 0.2) is 36.5 Å². The van der Waals surface area contributed by atoms with E-state index in [-0.39, 0.29) is 11.9 Å². The molecule has 2 nitrogen and oxygen atoms in total. The lowest BCUT2D eigenvalue weighted by Gasteiger charge is -2.18. The fraction of sp³-hybridized carbons (Fsp3) is 0.267. The monoisotopic (exact) mass is 244 g/mol. The molecule has 0 amide bonds. The molecule has 1 heterocycles. The molecular weight excluding hydrogens is 227 g/mol. The highest BCUT2D eigenvalue weighted by atomic mass is 19.1. The van der Waals surface area contributed by atoms with Gasteiger partial charge >= 0.3 is 0 Å². The Labute approximate surface area is 107 Å². The summed E-state index contributed by atoms with van der Waals surface area (Å²) in [6.07, 6.45) is 1.25. The highest BCUT2D eigenvalue weighted by molar-refractivity contribution is 5.36. The van der Waals surface area contributed by atoms with Crippen LogP contribution < -0.4 is 5.32 Å². The second-order valence-electron chi connectivity index (χ2n) is 4.48. The topological polar surface area (TPSA) is 24.9 Å². The van der Waals surface area contributed by atoms with Crippen molar-refractivity contribution in [1.29, 1.82) is 0 Å². The van der Waals surface area contributed by atoms with Crippen molar-refractivity contribution in [2.75, 3.05) is 7.05 Å². The van der Waals surface area contributed by atoms with E-state index in [0.29, 0.717) is 0 Å². The third-order valence-electron chi connectivity index (χ3n) is 3.07. The van der Waals surface area contributed by atoms with Gasteiger partial charge in [0.25, 0.3) is 0 Å². The van der Waals surface area contributed by atoms with E-state index in [2.05, 4.69) is 42.3 Å². The molecule has 0 aliphatic carbocycles. The van der Waals surface area contributed by atoms with Crippen molar-refractivity contribution < 1.29 is 4.39 Å². The summed E-state index contributed by atoms with van der Waals surface area (Å²) in [6, 6.07) is 9.47. The van der Waals surface area contributed by atoms with Crippen LogP contribution in [0.1, 0.15) is 28.4 Å². The van der Waals surface area contributed by atoms with Gasteiger partial charge in [-0.25, -0.2) is 4.39 Å². The van der Waals surface area contributed by atoms with E-state index < -0.39 is 0 Å². The molecular formula is C15H17FN2. The van der Waals surface area contributed by atoms with Crippen molar-refractivity contribution in [3.63, 3.8) is 0 Å². The minimum atomic E-state index is -0.311. The number of halogens is 1. The molecule has 1 aromatic carbocycles. The highest BCUT2D eigenvalue weighted by Gasteiger charge is 2.15. The summed E-state index contributed by atoms with van der Waals surface area (Å²) in [5, 5.41) is 3.23. The predicted octanol–water partition coefficient (Wildman–Crippen LogP) is 3.15. The highest BCUT2D eigenvalue weighted by Crippen LogP contribution is 2.24. The molecule has 0 aliphatic rings. The largest absolute Gasteiger partial charge is 0.308 e. The number of rotatable bonds is 3. The van der Waals surface area contributed by atoms with Gasteiger partial charge in [0.05, 0.1) is 17.9 Å². The van der Waals surface area contributed by atoms with Crippen LogP contribution in [-0.4, -0.2) is 12.0 Å². The summed E-state index contributed by atoms with van der Waals surface area (Å²) in [6.45, 7) is 4.15. The zero-order valence-electron chi connectivity index (χ0n) is 10.9. The number of benzene rings is 1. The van der Waals surface area contributed by atoms with Crippen LogP contribution in [-0.2, 0) is 0 Å². The van der Waals surface area contributed by atoms with Crippen molar-refractivity contribution >= 4 is 0 Å². The van der Waals surface area contributed by atoms with Gasteiger partial charge in [0.1, 0.15) is 5.82 Å². The molecule has 0 saturated heterocycles. The maximum atomic E-state index is 12.9. The number of hydrogen-bond acceptors (Lipinski definition) is 2. The fourth-order valence-corrected chi connectivity index (χ4v) is 2.17. The summed E-state index contributed by atoms with van der Waals surface area (Å²) in [5.74, 6) is -0.311. The third kappa shape index (κ3) is 2.57. The lowest BCUT2D eigenvalue weighted by atomic mass is 9.97. The summed E-state index contributed by atoms with van der Waals surface area (Å²) >= 11 is 0. The Hall–Kier alpha value is -1.74. The standard InChI is InChI=1S/C15H17FN2/c1-10-4-6-13(11(2)8-10)15(17-3)14-7-5-12(16)9-18-14/h4-9,15,17H,1-3H3. The van der Waals surface area contributed by atoms with E-state index in [0.717, 1.165) is 5.69 Å². The summed E-state index contributed by atoms with van der Waals surface area (Å²) < 4.78 is 12.9. The summed E-state index contributed by atoms with van der Waals surface area (Å²) in [7, 11) is 1.88. The smallest absolute Gasteiger partial charge is 0.141 e. The van der Waals surface area contributed by atoms with Gasteiger partial charge < -0.3 is 5.32 Å². The molecule has 2 aromatic rings. The Morgan fingerprint density at radius 1 is 1.17 bits per heavy atom. The molecule has 2 rings (SSSR count). The van der Waals surface area contributed by atoms with E-state index in [1.165, 1.54) is 29.0 Å². The molecule has 1 N–H and O–H groups in total. The minimum Gasteiger partial charge on any atom is -0.308 e. The van der Waals surface area contributed by atoms with E-state index in [9.17, 15) is 4.39 Å². The summed E-state index contributed by atoms with van der Waals surface area (Å²) in [5.41, 5.74) is 4.44. The second kappa shape index (κ2) is 5.27. The van der Waals surface area contributed by atoms with Crippen molar-refractivity contribution in [3.8, 4) is 0 Å². The third-order valence-corrected chi connectivity index (χ3v) is 3.07. The van der Waals surface area contributed by atoms with Gasteiger partial charge in [-0.2, -0.15) is 0 Å². The molecule has 0 bridgehead atoms. The van der Waals surface area contributed by atoms with Crippen molar-refractivity contribution in [2.45, 2.75) is 19.9 Å². The Bertz CT molecular complexity index is 535. The SMILES string of the molecule is CNC(c1ccc(F)cn1)c1ccc(C)cc1C. The van der Waals surface area contributed by atoms with Gasteiger partial charge in [-0.3, -0.25) is 4.98 Å². The first-order valence-corrected chi connectivity index (χ1v) is 5.97. The van der Waals surface area contributed by atoms with Crippen molar-refractivity contribution in [2.24, 2.45) is 0 Å². The van der Waals surface area contributed by atoms with Crippen molar-refractivity contribution in [1.82, 2.24) is 10.3 Å². The van der Waals surface area contributed by atoms with Gasteiger partial charge in [-0.05, 0) is 44.2 Å². The zero-order valence-corrected chi connectivity index (χ0v) is 10.9. The number of pyridine rings is 1. The average Bonchev–Trinajstić information content (AvgIpc) is 2.35. The van der Waals surface area contributed by atoms with Gasteiger partial charge in [0, 0.05) is 0 Å². The lowest BCUT2D eigenvalue weighted by molar-refractivity contribution is 0.609. The molecule has 1 aromatic heterocycles. The molecule has 0 aliphatic heterocycles. The van der Waals surface area contributed by atoms with Crippen molar-refractivity contribution in [3.05, 3.63) is 64.7 Å². The molecule has 0 spiro atoms. The first-order chi connectivity index (χ1) is 8.61. The van der Waals surface area contributed by atoms with Gasteiger partial charge in [-0.1, -0.05) is 23.8 Å². The van der Waals surface area contributed by atoms with Crippen LogP contribution in [0.2, 0.25) is 0 Å². The Morgan fingerprint density at radius 2 is 1.94 bits per heavy atom. The maximum Gasteiger partial charge on any atom is 0.141 e. The van der Waals surface area contributed by atoms with Crippen LogP contribution in [0.4, 0.5) is 4.39 Å². The number of hydrogen-bond donors (Lipinski definition) is 1. The number of nitrogens with zero attached hydrogens (tertiary/aromatic N) is 1. The predicted molar refractivity (Wildman–Crippen MR) is 71.0 cm³/mol. The second-order valence-corrected chi connectivity index (χ2v) is 4.48. The maximum absolute atomic E-state index is 12.9. The molecule has 1 unspecified atom stereocenters. The van der Waals surface area contributed by atoms with Gasteiger partial charge in [0.2, 0.25) is 0 Å². The molecule has 0 radical (unpaired) electrons. The first-order valence-electron chi connectivity index (χ1n) is 5.97. The normalized spacial score (nSPS) is 12.4.